The number of benzene rings is 2. The van der Waals surface area contributed by atoms with Crippen LogP contribution in [0.15, 0.2) is 42.5 Å². The lowest BCUT2D eigenvalue weighted by Crippen LogP contribution is -2.60. The van der Waals surface area contributed by atoms with Crippen LogP contribution in [0.1, 0.15) is 44.9 Å². The molecule has 22 nitrogen and oxygen atoms in total. The largest absolute Gasteiger partial charge is 0.481 e. The number of carbonyl (C=O) groups excluding carboxylic acids is 6. The summed E-state index contributed by atoms with van der Waals surface area (Å²) in [5.74, 6) is -13.6. The molecule has 6 amide bonds. The molecule has 0 saturated carbocycles. The lowest BCUT2D eigenvalue weighted by atomic mass is 10.1. The van der Waals surface area contributed by atoms with E-state index < -0.39 is 122 Å². The number of rotatable bonds is 24. The van der Waals surface area contributed by atoms with Crippen LogP contribution in [-0.2, 0) is 47.9 Å². The number of carboxylic acid groups (broad SMARTS) is 4. The van der Waals surface area contributed by atoms with Gasteiger partial charge in [-0.3, -0.25) is 47.9 Å². The Morgan fingerprint density at radius 1 is 0.500 bits per heavy atom. The highest BCUT2D eigenvalue weighted by molar-refractivity contribution is 6.02. The Hall–Kier alpha value is -6.68. The first-order valence-electron chi connectivity index (χ1n) is 17.0. The van der Waals surface area contributed by atoms with Crippen molar-refractivity contribution in [3.05, 3.63) is 42.5 Å². The van der Waals surface area contributed by atoms with E-state index >= 15 is 0 Å². The number of nitrogens with one attached hydrogen (secondary N) is 6. The van der Waals surface area contributed by atoms with Crippen LogP contribution in [0, 0.1) is 0 Å². The lowest BCUT2D eigenvalue weighted by molar-refractivity contribution is -0.145. The molecule has 304 valence electrons. The molecular formula is C34H44N8O14. The lowest BCUT2D eigenvalue weighted by Gasteiger charge is -2.26. The van der Waals surface area contributed by atoms with Crippen LogP contribution in [0.4, 0.5) is 5.69 Å². The SMILES string of the molecule is NCCCC[C@H](NC(=O)[C@H](CC(=O)O)NC(=O)[C@H](CC(=O)O)NC(=O)[C@H](CC(=O)O)NC(=O)[C@H](CC(=O)O)NC(=O)CN)C(=O)Nc1ccc2ccccc2c1. The molecule has 0 saturated heterocycles. The van der Waals surface area contributed by atoms with Gasteiger partial charge in [0.05, 0.1) is 32.2 Å². The van der Waals surface area contributed by atoms with E-state index in [0.29, 0.717) is 18.5 Å². The quantitative estimate of drug-likeness (QED) is 0.0478. The number of unbranched alkanes of at least 4 members (excludes halogenated alkanes) is 1. The number of carboxylic acids is 4. The van der Waals surface area contributed by atoms with Gasteiger partial charge in [-0.25, -0.2) is 0 Å². The zero-order chi connectivity index (χ0) is 41.9. The number of hydrogen-bond acceptors (Lipinski definition) is 12. The predicted octanol–water partition coefficient (Wildman–Crippen LogP) is -2.81. The minimum Gasteiger partial charge on any atom is -0.481 e. The van der Waals surface area contributed by atoms with Crippen molar-refractivity contribution in [2.24, 2.45) is 11.5 Å². The van der Waals surface area contributed by atoms with Crippen LogP contribution < -0.4 is 43.4 Å². The van der Waals surface area contributed by atoms with E-state index in [4.69, 9.17) is 16.6 Å². The minimum absolute atomic E-state index is 0.0354. The second-order valence-electron chi connectivity index (χ2n) is 12.3. The van der Waals surface area contributed by atoms with Gasteiger partial charge >= 0.3 is 23.9 Å². The Kier molecular flexibility index (Phi) is 18.3. The second-order valence-corrected chi connectivity index (χ2v) is 12.3. The van der Waals surface area contributed by atoms with E-state index in [1.54, 1.807) is 24.3 Å². The Morgan fingerprint density at radius 3 is 1.32 bits per heavy atom. The van der Waals surface area contributed by atoms with Crippen LogP contribution in [0.5, 0.6) is 0 Å². The highest BCUT2D eigenvalue weighted by Crippen LogP contribution is 2.19. The van der Waals surface area contributed by atoms with Gasteiger partial charge < -0.3 is 63.8 Å². The average Bonchev–Trinajstić information content (AvgIpc) is 3.12. The maximum absolute atomic E-state index is 13.5. The zero-order valence-electron chi connectivity index (χ0n) is 29.8. The molecule has 0 aliphatic carbocycles. The third-order valence-electron chi connectivity index (χ3n) is 7.85. The summed E-state index contributed by atoms with van der Waals surface area (Å²) in [4.78, 5) is 124. The van der Waals surface area contributed by atoms with Gasteiger partial charge in [0.15, 0.2) is 0 Å². The van der Waals surface area contributed by atoms with Crippen molar-refractivity contribution in [3.8, 4) is 0 Å². The van der Waals surface area contributed by atoms with Crippen molar-refractivity contribution >= 4 is 75.8 Å². The first-order valence-corrected chi connectivity index (χ1v) is 17.0. The van der Waals surface area contributed by atoms with Gasteiger partial charge in [0.25, 0.3) is 0 Å². The van der Waals surface area contributed by atoms with Crippen LogP contribution in [0.2, 0.25) is 0 Å². The van der Waals surface area contributed by atoms with Crippen LogP contribution in [-0.4, -0.2) is 123 Å². The molecule has 2 aromatic rings. The molecule has 14 N–H and O–H groups in total. The Bertz CT molecular complexity index is 1800. The first kappa shape index (κ1) is 45.5. The number of nitrogens with two attached hydrogens (primary N) is 2. The standard InChI is InChI=1S/C34H44N8O14/c35-10-4-3-7-20(30(52)37-19-9-8-17-5-1-2-6-18(17)11-19)39-32(54)22(13-27(46)47)41-34(56)24(15-29(50)51)42-33(55)23(14-28(48)49)40-31(53)21(12-26(44)45)38-25(43)16-36/h1-2,5-6,8-9,11,20-24H,3-4,7,10,12-16,35-36H2,(H,37,52)(H,38,43)(H,39,54)(H,40,53)(H,41,56)(H,42,55)(H,44,45)(H,46,47)(H,48,49)(H,50,51)/t20-,21-,22-,23-,24-/m0/s1. The van der Waals surface area contributed by atoms with Crippen LogP contribution in [0.25, 0.3) is 10.8 Å². The molecule has 0 aliphatic heterocycles. The van der Waals surface area contributed by atoms with Crippen molar-refractivity contribution in [1.82, 2.24) is 26.6 Å². The Balaban J connectivity index is 2.30. The molecule has 2 rings (SSSR count). The zero-order valence-corrected chi connectivity index (χ0v) is 29.8. The molecule has 22 heteroatoms. The van der Waals surface area contributed by atoms with Gasteiger partial charge in [-0.2, -0.15) is 0 Å². The molecule has 0 radical (unpaired) electrons. The first-order chi connectivity index (χ1) is 26.4. The van der Waals surface area contributed by atoms with Gasteiger partial charge in [-0.15, -0.1) is 0 Å². The summed E-state index contributed by atoms with van der Waals surface area (Å²) in [6, 6.07) is 3.13. The summed E-state index contributed by atoms with van der Waals surface area (Å²) in [5, 5.41) is 52.1. The number of hydrogen-bond donors (Lipinski definition) is 12. The monoisotopic (exact) mass is 788 g/mol. The molecule has 0 unspecified atom stereocenters. The molecule has 0 bridgehead atoms. The summed E-state index contributed by atoms with van der Waals surface area (Å²) in [6.45, 7) is -0.408. The van der Waals surface area contributed by atoms with Crippen molar-refractivity contribution < 1.29 is 68.4 Å². The fraction of sp³-hybridized carbons (Fsp3) is 0.412. The molecule has 2 aromatic carbocycles. The van der Waals surface area contributed by atoms with Crippen molar-refractivity contribution in [1.29, 1.82) is 0 Å². The smallest absolute Gasteiger partial charge is 0.305 e. The van der Waals surface area contributed by atoms with Crippen molar-refractivity contribution in [3.63, 3.8) is 0 Å². The summed E-state index contributed by atoms with van der Waals surface area (Å²) in [7, 11) is 0. The summed E-state index contributed by atoms with van der Waals surface area (Å²) < 4.78 is 0. The van der Waals surface area contributed by atoms with Gasteiger partial charge in [0.1, 0.15) is 30.2 Å². The molecular weight excluding hydrogens is 744 g/mol. The highest BCUT2D eigenvalue weighted by atomic mass is 16.4. The second kappa shape index (κ2) is 22.5. The maximum atomic E-state index is 13.5. The molecule has 0 fully saturated rings. The van der Waals surface area contributed by atoms with Gasteiger partial charge in [0, 0.05) is 5.69 Å². The molecule has 5 atom stereocenters. The summed E-state index contributed by atoms with van der Waals surface area (Å²) in [6.07, 6.45) is -3.64. The molecule has 56 heavy (non-hydrogen) atoms. The van der Waals surface area contributed by atoms with Gasteiger partial charge in [-0.05, 0) is 48.7 Å². The Morgan fingerprint density at radius 2 is 0.911 bits per heavy atom. The molecule has 0 spiro atoms. The Labute approximate surface area is 318 Å². The maximum Gasteiger partial charge on any atom is 0.305 e. The fourth-order valence-electron chi connectivity index (χ4n) is 5.14. The molecule has 0 heterocycles. The summed E-state index contributed by atoms with van der Waals surface area (Å²) in [5.41, 5.74) is 11.1. The van der Waals surface area contributed by atoms with E-state index in [1.165, 1.54) is 0 Å². The van der Waals surface area contributed by atoms with Gasteiger partial charge in [-0.1, -0.05) is 30.3 Å². The average molecular weight is 789 g/mol. The highest BCUT2D eigenvalue weighted by Gasteiger charge is 2.35. The number of fused-ring (bicyclic) bond motifs is 1. The summed E-state index contributed by atoms with van der Waals surface area (Å²) >= 11 is 0. The van der Waals surface area contributed by atoms with E-state index in [1.807, 2.05) is 39.5 Å². The number of carbonyl (C=O) groups is 10. The third kappa shape index (κ3) is 15.7. The van der Waals surface area contributed by atoms with E-state index in [2.05, 4.69) is 10.6 Å². The van der Waals surface area contributed by atoms with Gasteiger partial charge in [0.2, 0.25) is 35.4 Å². The third-order valence-corrected chi connectivity index (χ3v) is 7.85. The van der Waals surface area contributed by atoms with E-state index in [9.17, 15) is 63.3 Å². The minimum atomic E-state index is -2.11. The van der Waals surface area contributed by atoms with E-state index in [0.717, 1.165) is 10.8 Å². The number of amides is 6. The van der Waals surface area contributed by atoms with Crippen LogP contribution in [0.3, 0.4) is 0 Å². The normalized spacial score (nSPS) is 13.4. The molecule has 0 aromatic heterocycles. The number of aliphatic carboxylic acids is 4. The molecule has 0 aliphatic rings. The van der Waals surface area contributed by atoms with Crippen LogP contribution >= 0.6 is 0 Å². The topological polar surface area (TPSA) is 376 Å². The predicted molar refractivity (Wildman–Crippen MR) is 193 cm³/mol. The van der Waals surface area contributed by atoms with E-state index in [-0.39, 0.29) is 13.0 Å². The number of anilines is 1. The van der Waals surface area contributed by atoms with Crippen molar-refractivity contribution in [2.45, 2.75) is 75.2 Å². The van der Waals surface area contributed by atoms with Crippen molar-refractivity contribution in [2.75, 3.05) is 18.4 Å². The fourth-order valence-corrected chi connectivity index (χ4v) is 5.14.